The second kappa shape index (κ2) is 7.14. The number of hydrogen-bond donors (Lipinski definition) is 2. The van der Waals surface area contributed by atoms with Gasteiger partial charge in [0.2, 0.25) is 5.91 Å². The number of hydrogen-bond acceptors (Lipinski definition) is 4. The fraction of sp³-hybridized carbons (Fsp3) is 0.500. The van der Waals surface area contributed by atoms with Gasteiger partial charge in [0.25, 0.3) is 0 Å². The molecule has 0 unspecified atom stereocenters. The molecule has 1 aromatic rings. The number of rotatable bonds is 6. The van der Waals surface area contributed by atoms with Gasteiger partial charge >= 0.3 is 0 Å². The van der Waals surface area contributed by atoms with Crippen molar-refractivity contribution in [2.45, 2.75) is 25.7 Å². The highest BCUT2D eigenvalue weighted by atomic mass is 35.5. The van der Waals surface area contributed by atoms with Gasteiger partial charge in [-0.05, 0) is 19.4 Å². The molecule has 0 radical (unpaired) electrons. The number of carbonyl (C=O) groups excluding carboxylic acids is 1. The number of aromatic nitrogens is 2. The van der Waals surface area contributed by atoms with Gasteiger partial charge in [0.05, 0.1) is 0 Å². The largest absolute Gasteiger partial charge is 0.330 e. The Morgan fingerprint density at radius 2 is 2.19 bits per heavy atom. The third kappa shape index (κ3) is 5.04. The monoisotopic (exact) mass is 242 g/mol. The van der Waals surface area contributed by atoms with Gasteiger partial charge in [0.1, 0.15) is 17.3 Å². The van der Waals surface area contributed by atoms with Crippen LogP contribution in [0.5, 0.6) is 0 Å². The Labute approximate surface area is 99.4 Å². The van der Waals surface area contributed by atoms with Crippen LogP contribution in [0.15, 0.2) is 12.4 Å². The van der Waals surface area contributed by atoms with Gasteiger partial charge in [0.15, 0.2) is 0 Å². The highest BCUT2D eigenvalue weighted by molar-refractivity contribution is 6.29. The first-order valence-corrected chi connectivity index (χ1v) is 5.57. The molecule has 5 nitrogen and oxygen atoms in total. The molecule has 0 aliphatic rings. The van der Waals surface area contributed by atoms with E-state index in [0.717, 1.165) is 19.3 Å². The Balaban J connectivity index is 2.29. The van der Waals surface area contributed by atoms with E-state index < -0.39 is 0 Å². The molecule has 16 heavy (non-hydrogen) atoms. The number of carbonyl (C=O) groups is 1. The summed E-state index contributed by atoms with van der Waals surface area (Å²) >= 11 is 5.66. The zero-order chi connectivity index (χ0) is 11.8. The van der Waals surface area contributed by atoms with Gasteiger partial charge in [-0.1, -0.05) is 18.0 Å². The Kier molecular flexibility index (Phi) is 5.74. The smallest absolute Gasteiger partial charge is 0.225 e. The van der Waals surface area contributed by atoms with Crippen molar-refractivity contribution in [3.63, 3.8) is 0 Å². The van der Waals surface area contributed by atoms with Gasteiger partial charge < -0.3 is 11.1 Å². The Bertz CT molecular complexity index is 345. The van der Waals surface area contributed by atoms with E-state index in [9.17, 15) is 4.79 Å². The van der Waals surface area contributed by atoms with Gasteiger partial charge in [-0.25, -0.2) is 9.97 Å². The summed E-state index contributed by atoms with van der Waals surface area (Å²) in [6, 6.07) is 1.51. The van der Waals surface area contributed by atoms with Crippen molar-refractivity contribution in [2.75, 3.05) is 11.9 Å². The standard InChI is InChI=1S/C10H15ClN4O/c11-8-6-9(14-7-13-8)15-10(16)4-2-1-3-5-12/h6-7H,1-5,12H2,(H,13,14,15,16). The van der Waals surface area contributed by atoms with E-state index in [4.69, 9.17) is 17.3 Å². The average Bonchev–Trinajstić information content (AvgIpc) is 2.24. The number of halogens is 1. The molecule has 88 valence electrons. The maximum atomic E-state index is 11.4. The third-order valence-electron chi connectivity index (χ3n) is 2.01. The quantitative estimate of drug-likeness (QED) is 0.586. The molecule has 1 rings (SSSR count). The molecule has 0 aliphatic carbocycles. The number of nitrogens with one attached hydrogen (secondary N) is 1. The molecular weight excluding hydrogens is 228 g/mol. The Hall–Kier alpha value is -1.20. The number of unbranched alkanes of at least 4 members (excludes halogenated alkanes) is 2. The second-order valence-electron chi connectivity index (χ2n) is 3.37. The van der Waals surface area contributed by atoms with Gasteiger partial charge in [-0.3, -0.25) is 4.79 Å². The minimum Gasteiger partial charge on any atom is -0.330 e. The van der Waals surface area contributed by atoms with Crippen LogP contribution in [0.1, 0.15) is 25.7 Å². The summed E-state index contributed by atoms with van der Waals surface area (Å²) in [5, 5.41) is 2.97. The second-order valence-corrected chi connectivity index (χ2v) is 3.76. The molecule has 3 N–H and O–H groups in total. The van der Waals surface area contributed by atoms with E-state index in [1.54, 1.807) is 0 Å². The SMILES string of the molecule is NCCCCCC(=O)Nc1cc(Cl)ncn1. The molecular formula is C10H15ClN4O. The normalized spacial score (nSPS) is 10.1. The third-order valence-corrected chi connectivity index (χ3v) is 2.22. The summed E-state index contributed by atoms with van der Waals surface area (Å²) < 4.78 is 0. The summed E-state index contributed by atoms with van der Waals surface area (Å²) in [4.78, 5) is 19.0. The van der Waals surface area contributed by atoms with E-state index in [1.165, 1.54) is 12.4 Å². The van der Waals surface area contributed by atoms with Crippen LogP contribution in [0.25, 0.3) is 0 Å². The summed E-state index contributed by atoms with van der Waals surface area (Å²) in [5.41, 5.74) is 5.35. The molecule has 1 amide bonds. The predicted octanol–water partition coefficient (Wildman–Crippen LogP) is 1.59. The summed E-state index contributed by atoms with van der Waals surface area (Å²) in [6.07, 6.45) is 4.54. The minimum atomic E-state index is -0.0632. The van der Waals surface area contributed by atoms with Crippen LogP contribution >= 0.6 is 11.6 Å². The molecule has 6 heteroatoms. The summed E-state index contributed by atoms with van der Waals surface area (Å²) in [5.74, 6) is 0.371. The van der Waals surface area contributed by atoms with Crippen molar-refractivity contribution in [2.24, 2.45) is 5.73 Å². The zero-order valence-electron chi connectivity index (χ0n) is 8.95. The van der Waals surface area contributed by atoms with Crippen molar-refractivity contribution in [1.82, 2.24) is 9.97 Å². The van der Waals surface area contributed by atoms with Crippen LogP contribution in [-0.4, -0.2) is 22.4 Å². The number of anilines is 1. The summed E-state index contributed by atoms with van der Waals surface area (Å²) in [6.45, 7) is 0.670. The molecule has 1 heterocycles. The fourth-order valence-corrected chi connectivity index (χ4v) is 1.36. The average molecular weight is 243 g/mol. The molecule has 0 saturated heterocycles. The lowest BCUT2D eigenvalue weighted by molar-refractivity contribution is -0.116. The van der Waals surface area contributed by atoms with E-state index in [2.05, 4.69) is 15.3 Å². The van der Waals surface area contributed by atoms with E-state index in [-0.39, 0.29) is 5.91 Å². The summed E-state index contributed by atoms with van der Waals surface area (Å²) in [7, 11) is 0. The molecule has 0 aromatic carbocycles. The minimum absolute atomic E-state index is 0.0632. The van der Waals surface area contributed by atoms with Gasteiger partial charge in [0, 0.05) is 12.5 Å². The lowest BCUT2D eigenvalue weighted by Crippen LogP contribution is -2.12. The van der Waals surface area contributed by atoms with Crippen LogP contribution in [0, 0.1) is 0 Å². The molecule has 0 atom stereocenters. The van der Waals surface area contributed by atoms with E-state index in [0.29, 0.717) is 23.9 Å². The highest BCUT2D eigenvalue weighted by Gasteiger charge is 2.03. The Morgan fingerprint density at radius 1 is 1.38 bits per heavy atom. The number of nitrogens with zero attached hydrogens (tertiary/aromatic N) is 2. The van der Waals surface area contributed by atoms with Crippen molar-refractivity contribution in [3.8, 4) is 0 Å². The fourth-order valence-electron chi connectivity index (χ4n) is 1.21. The molecule has 1 aromatic heterocycles. The molecule has 0 spiro atoms. The predicted molar refractivity (Wildman–Crippen MR) is 63.2 cm³/mol. The van der Waals surface area contributed by atoms with Gasteiger partial charge in [-0.2, -0.15) is 0 Å². The maximum Gasteiger partial charge on any atom is 0.225 e. The van der Waals surface area contributed by atoms with Gasteiger partial charge in [-0.15, -0.1) is 0 Å². The maximum absolute atomic E-state index is 11.4. The van der Waals surface area contributed by atoms with Crippen molar-refractivity contribution in [3.05, 3.63) is 17.5 Å². The number of amides is 1. The van der Waals surface area contributed by atoms with Crippen molar-refractivity contribution >= 4 is 23.3 Å². The molecule has 0 bridgehead atoms. The highest BCUT2D eigenvalue weighted by Crippen LogP contribution is 2.09. The van der Waals surface area contributed by atoms with Crippen LogP contribution in [0.4, 0.5) is 5.82 Å². The van der Waals surface area contributed by atoms with Crippen molar-refractivity contribution in [1.29, 1.82) is 0 Å². The topological polar surface area (TPSA) is 80.9 Å². The van der Waals surface area contributed by atoms with Crippen LogP contribution < -0.4 is 11.1 Å². The van der Waals surface area contributed by atoms with Crippen LogP contribution in [0.2, 0.25) is 5.15 Å². The lowest BCUT2D eigenvalue weighted by Gasteiger charge is -2.03. The van der Waals surface area contributed by atoms with E-state index in [1.807, 2.05) is 0 Å². The Morgan fingerprint density at radius 3 is 2.88 bits per heavy atom. The molecule has 0 saturated carbocycles. The molecule has 0 aliphatic heterocycles. The van der Waals surface area contributed by atoms with Crippen LogP contribution in [-0.2, 0) is 4.79 Å². The zero-order valence-corrected chi connectivity index (χ0v) is 9.70. The first-order chi connectivity index (χ1) is 7.72. The number of nitrogens with two attached hydrogens (primary N) is 1. The van der Waals surface area contributed by atoms with Crippen LogP contribution in [0.3, 0.4) is 0 Å². The molecule has 0 fully saturated rings. The first kappa shape index (κ1) is 12.9. The first-order valence-electron chi connectivity index (χ1n) is 5.20. The van der Waals surface area contributed by atoms with Crippen molar-refractivity contribution < 1.29 is 4.79 Å². The lowest BCUT2D eigenvalue weighted by atomic mass is 10.2. The van der Waals surface area contributed by atoms with E-state index >= 15 is 0 Å².